The molecular weight excluding hydrogens is 520 g/mol. The number of ketones is 1. The van der Waals surface area contributed by atoms with Crippen molar-refractivity contribution < 1.29 is 48.0 Å². The van der Waals surface area contributed by atoms with Crippen LogP contribution in [0.25, 0.3) is 0 Å². The molecule has 0 spiro atoms. The Bertz CT molecular complexity index is 912. The second-order valence-electron chi connectivity index (χ2n) is 9.26. The Morgan fingerprint density at radius 1 is 1.03 bits per heavy atom. The van der Waals surface area contributed by atoms with Crippen molar-refractivity contribution in [1.82, 2.24) is 0 Å². The minimum Gasteiger partial charge on any atom is -0.469 e. The van der Waals surface area contributed by atoms with Gasteiger partial charge >= 0.3 is 23.9 Å². The number of Topliss-reactive ketones (excluding diaryl/α,β-unsaturated/α-hetero) is 1. The van der Waals surface area contributed by atoms with Crippen molar-refractivity contribution in [3.05, 3.63) is 23.3 Å². The van der Waals surface area contributed by atoms with Gasteiger partial charge in [-0.2, -0.15) is 0 Å². The zero-order valence-electron chi connectivity index (χ0n) is 22.7. The molecule has 1 aliphatic rings. The Kier molecular flexibility index (Phi) is 14.3. The number of hydrogen-bond donors (Lipinski definition) is 1. The van der Waals surface area contributed by atoms with Crippen molar-refractivity contribution in [2.24, 2.45) is 5.92 Å². The molecule has 1 N–H and O–H groups in total. The first kappa shape index (κ1) is 33.3. The quantitative estimate of drug-likeness (QED) is 0.129. The summed E-state index contributed by atoms with van der Waals surface area (Å²) < 4.78 is 21.0. The normalized spacial score (nSPS) is 21.4. The largest absolute Gasteiger partial charge is 0.469 e. The van der Waals surface area contributed by atoms with Crippen LogP contribution < -0.4 is 0 Å². The standard InChI is InChI=1S/C27H39ClO10/c1-6-7-8-9-10-11-15-27(34)16-20(28)24(33)23(27)26(38-19(4)31)25(37-18(3)30)21(36-17(2)29)13-12-14-22(32)35-5/h10-11,16,21,23,25-26,34H,6-9,12-15H2,1-5H3/t21-,23+,25+,26+,27+/m0/s1. The minimum atomic E-state index is -1.87. The van der Waals surface area contributed by atoms with Gasteiger partial charge in [0, 0.05) is 27.2 Å². The molecule has 0 saturated carbocycles. The Hall–Kier alpha value is -2.72. The van der Waals surface area contributed by atoms with Crippen molar-refractivity contribution >= 4 is 41.3 Å². The predicted molar refractivity (Wildman–Crippen MR) is 138 cm³/mol. The average molecular weight is 559 g/mol. The van der Waals surface area contributed by atoms with E-state index in [0.717, 1.165) is 46.5 Å². The van der Waals surface area contributed by atoms with Crippen LogP contribution in [0.4, 0.5) is 0 Å². The van der Waals surface area contributed by atoms with Crippen LogP contribution in [0.15, 0.2) is 23.3 Å². The fourth-order valence-electron chi connectivity index (χ4n) is 4.39. The molecular formula is C27H39ClO10. The molecule has 0 aliphatic heterocycles. The molecule has 0 fully saturated rings. The number of unbranched alkanes of at least 4 members (excludes halogenated alkanes) is 3. The van der Waals surface area contributed by atoms with Crippen molar-refractivity contribution in [3.8, 4) is 0 Å². The number of carbonyl (C=O) groups is 5. The van der Waals surface area contributed by atoms with E-state index < -0.39 is 59.5 Å². The number of halogens is 1. The van der Waals surface area contributed by atoms with E-state index in [4.69, 9.17) is 25.8 Å². The summed E-state index contributed by atoms with van der Waals surface area (Å²) in [5.74, 6) is -5.03. The summed E-state index contributed by atoms with van der Waals surface area (Å²) in [6.45, 7) is 5.42. The van der Waals surface area contributed by atoms with E-state index in [9.17, 15) is 29.1 Å². The molecule has 0 amide bonds. The highest BCUT2D eigenvalue weighted by Gasteiger charge is 2.56. The molecule has 0 bridgehead atoms. The average Bonchev–Trinajstić information content (AvgIpc) is 3.05. The highest BCUT2D eigenvalue weighted by molar-refractivity contribution is 6.44. The van der Waals surface area contributed by atoms with Crippen LogP contribution in [0.1, 0.15) is 79.1 Å². The fraction of sp³-hybridized carbons (Fsp3) is 0.667. The molecule has 5 atom stereocenters. The Labute approximate surface area is 228 Å². The monoisotopic (exact) mass is 558 g/mol. The third kappa shape index (κ3) is 10.6. The van der Waals surface area contributed by atoms with Gasteiger partial charge in [0.15, 0.2) is 18.0 Å². The number of esters is 4. The molecule has 1 aliphatic carbocycles. The number of hydrogen-bond acceptors (Lipinski definition) is 10. The summed E-state index contributed by atoms with van der Waals surface area (Å²) >= 11 is 6.15. The smallest absolute Gasteiger partial charge is 0.305 e. The van der Waals surface area contributed by atoms with Crippen LogP contribution in [0.5, 0.6) is 0 Å². The Morgan fingerprint density at radius 2 is 1.66 bits per heavy atom. The van der Waals surface area contributed by atoms with Gasteiger partial charge in [-0.15, -0.1) is 0 Å². The maximum Gasteiger partial charge on any atom is 0.305 e. The van der Waals surface area contributed by atoms with Crippen molar-refractivity contribution in [2.45, 2.75) is 103 Å². The summed E-state index contributed by atoms with van der Waals surface area (Å²) in [4.78, 5) is 61.0. The molecule has 38 heavy (non-hydrogen) atoms. The molecule has 0 aromatic carbocycles. The summed E-state index contributed by atoms with van der Waals surface area (Å²) in [7, 11) is 1.23. The zero-order chi connectivity index (χ0) is 28.9. The summed E-state index contributed by atoms with van der Waals surface area (Å²) in [6, 6.07) is 0. The molecule has 0 heterocycles. The van der Waals surface area contributed by atoms with E-state index in [-0.39, 0.29) is 30.7 Å². The first-order valence-corrected chi connectivity index (χ1v) is 13.1. The molecule has 0 aromatic rings. The molecule has 0 saturated heterocycles. The van der Waals surface area contributed by atoms with Gasteiger partial charge in [-0.25, -0.2) is 0 Å². The van der Waals surface area contributed by atoms with Gasteiger partial charge < -0.3 is 24.1 Å². The lowest BCUT2D eigenvalue weighted by molar-refractivity contribution is -0.194. The predicted octanol–water partition coefficient (Wildman–Crippen LogP) is 3.70. The highest BCUT2D eigenvalue weighted by Crippen LogP contribution is 2.41. The molecule has 0 aromatic heterocycles. The minimum absolute atomic E-state index is 0.00220. The number of allylic oxidation sites excluding steroid dienone is 2. The van der Waals surface area contributed by atoms with E-state index in [2.05, 4.69) is 11.7 Å². The summed E-state index contributed by atoms with van der Waals surface area (Å²) in [5.41, 5.74) is -1.87. The second-order valence-corrected chi connectivity index (χ2v) is 9.67. The van der Waals surface area contributed by atoms with E-state index in [1.165, 1.54) is 13.2 Å². The van der Waals surface area contributed by atoms with Gasteiger partial charge in [0.25, 0.3) is 0 Å². The summed E-state index contributed by atoms with van der Waals surface area (Å²) in [6.07, 6.45) is 4.48. The number of ether oxygens (including phenoxy) is 4. The number of aliphatic hydroxyl groups is 1. The van der Waals surface area contributed by atoms with Crippen molar-refractivity contribution in [3.63, 3.8) is 0 Å². The third-order valence-electron chi connectivity index (χ3n) is 6.06. The van der Waals surface area contributed by atoms with Gasteiger partial charge in [-0.05, 0) is 38.2 Å². The molecule has 1 rings (SSSR count). The molecule has 11 heteroatoms. The molecule has 10 nitrogen and oxygen atoms in total. The zero-order valence-corrected chi connectivity index (χ0v) is 23.5. The van der Waals surface area contributed by atoms with Crippen LogP contribution in [0.2, 0.25) is 0 Å². The lowest BCUT2D eigenvalue weighted by Crippen LogP contribution is -2.55. The maximum absolute atomic E-state index is 13.2. The van der Waals surface area contributed by atoms with Gasteiger partial charge in [-0.1, -0.05) is 43.5 Å². The molecule has 214 valence electrons. The topological polar surface area (TPSA) is 142 Å². The van der Waals surface area contributed by atoms with Crippen LogP contribution in [0.3, 0.4) is 0 Å². The van der Waals surface area contributed by atoms with Gasteiger partial charge in [0.2, 0.25) is 0 Å². The molecule has 0 radical (unpaired) electrons. The van der Waals surface area contributed by atoms with E-state index in [1.807, 2.05) is 6.08 Å². The van der Waals surface area contributed by atoms with Crippen LogP contribution in [-0.2, 0) is 42.9 Å². The summed E-state index contributed by atoms with van der Waals surface area (Å²) in [5, 5.41) is 11.3. The number of carbonyl (C=O) groups excluding carboxylic acids is 5. The molecule has 0 unspecified atom stereocenters. The maximum atomic E-state index is 13.2. The Balaban J connectivity index is 3.44. The Morgan fingerprint density at radius 3 is 2.21 bits per heavy atom. The van der Waals surface area contributed by atoms with E-state index >= 15 is 0 Å². The SMILES string of the molecule is CCCCCC=CC[C@@]1(O)C=C(Cl)C(=O)[C@@H]1[C@@H](OC(C)=O)[C@H](OC(C)=O)[C@H](CCCC(=O)OC)OC(C)=O. The van der Waals surface area contributed by atoms with E-state index in [0.29, 0.717) is 0 Å². The number of rotatable bonds is 16. The lowest BCUT2D eigenvalue weighted by Gasteiger charge is -2.39. The first-order chi connectivity index (χ1) is 17.9. The van der Waals surface area contributed by atoms with Crippen molar-refractivity contribution in [2.75, 3.05) is 7.11 Å². The first-order valence-electron chi connectivity index (χ1n) is 12.7. The van der Waals surface area contributed by atoms with Crippen LogP contribution >= 0.6 is 11.6 Å². The van der Waals surface area contributed by atoms with E-state index in [1.54, 1.807) is 6.08 Å². The fourth-order valence-corrected chi connectivity index (χ4v) is 4.70. The second kappa shape index (κ2) is 16.3. The van der Waals surface area contributed by atoms with Gasteiger partial charge in [-0.3, -0.25) is 24.0 Å². The van der Waals surface area contributed by atoms with Crippen LogP contribution in [-0.4, -0.2) is 65.8 Å². The van der Waals surface area contributed by atoms with Gasteiger partial charge in [0.05, 0.1) is 18.1 Å². The van der Waals surface area contributed by atoms with Gasteiger partial charge in [0.1, 0.15) is 11.7 Å². The number of methoxy groups -OCH3 is 1. The van der Waals surface area contributed by atoms with Crippen LogP contribution in [0, 0.1) is 5.92 Å². The lowest BCUT2D eigenvalue weighted by atomic mass is 9.79. The third-order valence-corrected chi connectivity index (χ3v) is 6.35. The highest BCUT2D eigenvalue weighted by atomic mass is 35.5. The van der Waals surface area contributed by atoms with Crippen molar-refractivity contribution in [1.29, 1.82) is 0 Å².